The van der Waals surface area contributed by atoms with E-state index in [9.17, 15) is 0 Å². The molecule has 2 aromatic rings. The van der Waals surface area contributed by atoms with Crippen molar-refractivity contribution in [3.8, 4) is 0 Å². The number of benzene rings is 1. The van der Waals surface area contributed by atoms with E-state index in [1.165, 1.54) is 22.3 Å². The molecule has 1 aromatic heterocycles. The van der Waals surface area contributed by atoms with E-state index < -0.39 is 0 Å². The molecule has 1 aliphatic heterocycles. The summed E-state index contributed by atoms with van der Waals surface area (Å²) in [5.41, 5.74) is 5.28. The minimum atomic E-state index is 0.320. The second-order valence-corrected chi connectivity index (χ2v) is 5.47. The second-order valence-electron chi connectivity index (χ2n) is 5.47. The van der Waals surface area contributed by atoms with E-state index in [1.54, 1.807) is 0 Å². The van der Waals surface area contributed by atoms with Crippen LogP contribution in [0.3, 0.4) is 0 Å². The number of nitrogens with one attached hydrogen (secondary N) is 1. The van der Waals surface area contributed by atoms with Crippen molar-refractivity contribution >= 4 is 11.4 Å². The number of nitrogens with zero attached hydrogens (tertiary/aromatic N) is 1. The van der Waals surface area contributed by atoms with Gasteiger partial charge in [0, 0.05) is 17.7 Å². The molecule has 1 N–H and O–H groups in total. The summed E-state index contributed by atoms with van der Waals surface area (Å²) in [5, 5.41) is 3.51. The van der Waals surface area contributed by atoms with Crippen LogP contribution in [-0.4, -0.2) is 11.0 Å². The van der Waals surface area contributed by atoms with Crippen LogP contribution in [0.2, 0.25) is 0 Å². The standard InChI is InChI=1S/C18H16N2/c1-12-5-2-6-13(11-12)14-7-3-9-16-17(14)15-8-4-10-19-18(15)20-16/h2-11,16-17H,1H3,(H,19,20). The summed E-state index contributed by atoms with van der Waals surface area (Å²) in [4.78, 5) is 4.46. The molecule has 2 heteroatoms. The van der Waals surface area contributed by atoms with Crippen molar-refractivity contribution in [1.82, 2.24) is 4.98 Å². The lowest BCUT2D eigenvalue weighted by Crippen LogP contribution is -2.21. The predicted octanol–water partition coefficient (Wildman–Crippen LogP) is 3.92. The number of aryl methyl sites for hydroxylation is 1. The van der Waals surface area contributed by atoms with E-state index in [4.69, 9.17) is 0 Å². The van der Waals surface area contributed by atoms with Crippen molar-refractivity contribution in [3.05, 3.63) is 77.5 Å². The van der Waals surface area contributed by atoms with Gasteiger partial charge < -0.3 is 5.32 Å². The molecule has 0 spiro atoms. The first-order valence-electron chi connectivity index (χ1n) is 7.00. The van der Waals surface area contributed by atoms with Crippen LogP contribution in [0.4, 0.5) is 5.82 Å². The van der Waals surface area contributed by atoms with Gasteiger partial charge in [0.05, 0.1) is 6.04 Å². The van der Waals surface area contributed by atoms with Gasteiger partial charge >= 0.3 is 0 Å². The number of allylic oxidation sites excluding steroid dienone is 2. The van der Waals surface area contributed by atoms with Gasteiger partial charge in [-0.3, -0.25) is 0 Å². The second kappa shape index (κ2) is 4.34. The van der Waals surface area contributed by atoms with Gasteiger partial charge in [0.25, 0.3) is 0 Å². The van der Waals surface area contributed by atoms with Crippen LogP contribution in [0.1, 0.15) is 22.6 Å². The van der Waals surface area contributed by atoms with Gasteiger partial charge in [-0.1, -0.05) is 54.1 Å². The zero-order valence-corrected chi connectivity index (χ0v) is 11.4. The molecule has 0 radical (unpaired) electrons. The van der Waals surface area contributed by atoms with Crippen molar-refractivity contribution in [2.45, 2.75) is 18.9 Å². The molecule has 20 heavy (non-hydrogen) atoms. The van der Waals surface area contributed by atoms with E-state index in [2.05, 4.69) is 65.8 Å². The fraction of sp³-hybridized carbons (Fsp3) is 0.167. The van der Waals surface area contributed by atoms with Gasteiger partial charge in [0.15, 0.2) is 0 Å². The fourth-order valence-electron chi connectivity index (χ4n) is 3.23. The average molecular weight is 260 g/mol. The maximum Gasteiger partial charge on any atom is 0.130 e. The third-order valence-corrected chi connectivity index (χ3v) is 4.12. The number of hydrogen-bond acceptors (Lipinski definition) is 2. The highest BCUT2D eigenvalue weighted by Gasteiger charge is 2.35. The Bertz CT molecular complexity index is 728. The van der Waals surface area contributed by atoms with Crippen LogP contribution in [0, 0.1) is 6.92 Å². The summed E-state index contributed by atoms with van der Waals surface area (Å²) >= 11 is 0. The van der Waals surface area contributed by atoms with Gasteiger partial charge in [-0.15, -0.1) is 0 Å². The summed E-state index contributed by atoms with van der Waals surface area (Å²) in [5.74, 6) is 1.39. The average Bonchev–Trinajstić information content (AvgIpc) is 2.85. The lowest BCUT2D eigenvalue weighted by Gasteiger charge is -2.24. The summed E-state index contributed by atoms with van der Waals surface area (Å²) < 4.78 is 0. The van der Waals surface area contributed by atoms with Crippen LogP contribution in [0.25, 0.3) is 5.57 Å². The molecule has 0 saturated heterocycles. The highest BCUT2D eigenvalue weighted by molar-refractivity contribution is 5.80. The molecular weight excluding hydrogens is 244 g/mol. The zero-order valence-electron chi connectivity index (χ0n) is 11.4. The van der Waals surface area contributed by atoms with E-state index in [-0.39, 0.29) is 0 Å². The Morgan fingerprint density at radius 3 is 3.00 bits per heavy atom. The molecule has 4 rings (SSSR count). The van der Waals surface area contributed by atoms with Gasteiger partial charge in [-0.2, -0.15) is 0 Å². The highest BCUT2D eigenvalue weighted by Crippen LogP contribution is 2.45. The van der Waals surface area contributed by atoms with E-state index in [0.29, 0.717) is 12.0 Å². The normalized spacial score (nSPS) is 22.8. The van der Waals surface area contributed by atoms with Gasteiger partial charge in [0.1, 0.15) is 5.82 Å². The molecule has 1 aliphatic carbocycles. The minimum Gasteiger partial charge on any atom is -0.363 e. The molecule has 0 amide bonds. The first-order chi connectivity index (χ1) is 9.83. The number of rotatable bonds is 1. The Hall–Kier alpha value is -2.35. The lowest BCUT2D eigenvalue weighted by atomic mass is 9.81. The summed E-state index contributed by atoms with van der Waals surface area (Å²) in [6.07, 6.45) is 8.46. The Kier molecular flexibility index (Phi) is 2.49. The zero-order chi connectivity index (χ0) is 13.5. The molecule has 2 aliphatic rings. The summed E-state index contributed by atoms with van der Waals surface area (Å²) in [6, 6.07) is 13.3. The molecule has 0 saturated carbocycles. The molecule has 2 heterocycles. The van der Waals surface area contributed by atoms with Crippen molar-refractivity contribution in [1.29, 1.82) is 0 Å². The quantitative estimate of drug-likeness (QED) is 0.840. The SMILES string of the molecule is Cc1cccc(C2=CC=CC3Nc4ncccc4C23)c1. The summed E-state index contributed by atoms with van der Waals surface area (Å²) in [6.45, 7) is 2.14. The molecule has 2 atom stereocenters. The lowest BCUT2D eigenvalue weighted by molar-refractivity contribution is 0.822. The molecule has 1 aromatic carbocycles. The Morgan fingerprint density at radius 2 is 2.10 bits per heavy atom. The molecular formula is C18H16N2. The Morgan fingerprint density at radius 1 is 1.15 bits per heavy atom. The third kappa shape index (κ3) is 1.68. The number of anilines is 1. The Balaban J connectivity index is 1.85. The van der Waals surface area contributed by atoms with Gasteiger partial charge in [-0.05, 0) is 24.1 Å². The van der Waals surface area contributed by atoms with Crippen molar-refractivity contribution in [2.75, 3.05) is 5.32 Å². The summed E-state index contributed by atoms with van der Waals surface area (Å²) in [7, 11) is 0. The van der Waals surface area contributed by atoms with E-state index in [0.717, 1.165) is 5.82 Å². The smallest absolute Gasteiger partial charge is 0.130 e. The number of aromatic nitrogens is 1. The maximum absolute atomic E-state index is 4.46. The topological polar surface area (TPSA) is 24.9 Å². The van der Waals surface area contributed by atoms with Crippen LogP contribution >= 0.6 is 0 Å². The van der Waals surface area contributed by atoms with Crippen LogP contribution in [0.15, 0.2) is 60.8 Å². The van der Waals surface area contributed by atoms with Crippen LogP contribution in [0.5, 0.6) is 0 Å². The van der Waals surface area contributed by atoms with Gasteiger partial charge in [-0.25, -0.2) is 4.98 Å². The van der Waals surface area contributed by atoms with Crippen molar-refractivity contribution < 1.29 is 0 Å². The van der Waals surface area contributed by atoms with Crippen molar-refractivity contribution in [3.63, 3.8) is 0 Å². The fourth-order valence-corrected chi connectivity index (χ4v) is 3.23. The van der Waals surface area contributed by atoms with Crippen LogP contribution in [-0.2, 0) is 0 Å². The largest absolute Gasteiger partial charge is 0.363 e. The molecule has 0 bridgehead atoms. The van der Waals surface area contributed by atoms with Crippen LogP contribution < -0.4 is 5.32 Å². The highest BCUT2D eigenvalue weighted by atomic mass is 15.0. The van der Waals surface area contributed by atoms with Crippen molar-refractivity contribution in [2.24, 2.45) is 0 Å². The number of hydrogen-bond donors (Lipinski definition) is 1. The maximum atomic E-state index is 4.46. The number of pyridine rings is 1. The monoisotopic (exact) mass is 260 g/mol. The van der Waals surface area contributed by atoms with E-state index in [1.807, 2.05) is 12.3 Å². The predicted molar refractivity (Wildman–Crippen MR) is 82.7 cm³/mol. The third-order valence-electron chi connectivity index (χ3n) is 4.12. The molecule has 2 nitrogen and oxygen atoms in total. The first-order valence-corrected chi connectivity index (χ1v) is 7.00. The van der Waals surface area contributed by atoms with E-state index >= 15 is 0 Å². The van der Waals surface area contributed by atoms with Gasteiger partial charge in [0.2, 0.25) is 0 Å². The first kappa shape index (κ1) is 11.5. The Labute approximate surface area is 118 Å². The molecule has 98 valence electrons. The minimum absolute atomic E-state index is 0.320. The molecule has 2 unspecified atom stereocenters. The molecule has 0 fully saturated rings. The number of fused-ring (bicyclic) bond motifs is 3.